The van der Waals surface area contributed by atoms with E-state index in [1.807, 2.05) is 29.3 Å². The van der Waals surface area contributed by atoms with Crippen LogP contribution in [0.3, 0.4) is 0 Å². The number of H-pyrrole nitrogens is 1. The largest absolute Gasteiger partial charge is 0.361 e. The topological polar surface area (TPSA) is 36.1 Å². The van der Waals surface area contributed by atoms with Gasteiger partial charge in [-0.05, 0) is 30.5 Å². The molecule has 0 bridgehead atoms. The van der Waals surface area contributed by atoms with Crippen LogP contribution in [0.15, 0.2) is 24.4 Å². The maximum absolute atomic E-state index is 12.1. The maximum Gasteiger partial charge on any atom is 0.227 e. The quantitative estimate of drug-likeness (QED) is 0.887. The first-order valence-corrected chi connectivity index (χ1v) is 6.66. The third kappa shape index (κ3) is 1.99. The van der Waals surface area contributed by atoms with Gasteiger partial charge in [0.1, 0.15) is 0 Å². The number of halogens is 1. The molecule has 1 aromatic carbocycles. The highest BCUT2D eigenvalue weighted by molar-refractivity contribution is 6.35. The normalized spacial score (nSPS) is 15.5. The fourth-order valence-electron chi connectivity index (χ4n) is 2.59. The number of hydrogen-bond donors (Lipinski definition) is 1. The average Bonchev–Trinajstić information content (AvgIpc) is 2.99. The number of likely N-dealkylation sites (tertiary alicyclic amines) is 1. The zero-order valence-electron chi connectivity index (χ0n) is 10.1. The molecule has 0 spiro atoms. The molecule has 0 saturated carbocycles. The summed E-state index contributed by atoms with van der Waals surface area (Å²) in [5.74, 6) is 0.202. The van der Waals surface area contributed by atoms with Gasteiger partial charge in [0.15, 0.2) is 0 Å². The molecule has 0 atom stereocenters. The molecule has 1 N–H and O–H groups in total. The van der Waals surface area contributed by atoms with Gasteiger partial charge >= 0.3 is 0 Å². The number of aromatic nitrogens is 1. The van der Waals surface area contributed by atoms with Gasteiger partial charge in [0.25, 0.3) is 0 Å². The van der Waals surface area contributed by atoms with Crippen LogP contribution in [0.1, 0.15) is 18.4 Å². The van der Waals surface area contributed by atoms with Crippen molar-refractivity contribution < 1.29 is 4.79 Å². The summed E-state index contributed by atoms with van der Waals surface area (Å²) in [5, 5.41) is 1.68. The molecule has 1 aliphatic rings. The number of fused-ring (bicyclic) bond motifs is 1. The van der Waals surface area contributed by atoms with Crippen LogP contribution >= 0.6 is 11.6 Å². The van der Waals surface area contributed by atoms with Crippen LogP contribution in [-0.2, 0) is 11.2 Å². The van der Waals surface area contributed by atoms with Crippen LogP contribution in [0.5, 0.6) is 0 Å². The Labute approximate surface area is 111 Å². The lowest BCUT2D eigenvalue weighted by molar-refractivity contribution is -0.129. The number of carbonyl (C=O) groups is 1. The van der Waals surface area contributed by atoms with Gasteiger partial charge in [-0.3, -0.25) is 4.79 Å². The van der Waals surface area contributed by atoms with Crippen molar-refractivity contribution in [2.75, 3.05) is 13.1 Å². The smallest absolute Gasteiger partial charge is 0.227 e. The van der Waals surface area contributed by atoms with Crippen molar-refractivity contribution in [3.63, 3.8) is 0 Å². The third-order valence-electron chi connectivity index (χ3n) is 3.54. The molecule has 4 heteroatoms. The van der Waals surface area contributed by atoms with E-state index in [0.717, 1.165) is 42.4 Å². The Morgan fingerprint density at radius 2 is 2.11 bits per heavy atom. The molecule has 18 heavy (non-hydrogen) atoms. The van der Waals surface area contributed by atoms with E-state index in [1.165, 1.54) is 0 Å². The maximum atomic E-state index is 12.1. The molecule has 2 aromatic rings. The first kappa shape index (κ1) is 11.6. The van der Waals surface area contributed by atoms with Crippen LogP contribution in [0, 0.1) is 0 Å². The standard InChI is InChI=1S/C14H15ClN2O/c15-11-4-3-5-12-14(11)10(9-16-12)8-13(18)17-6-1-2-7-17/h3-5,9,16H,1-2,6-8H2. The minimum absolute atomic E-state index is 0.202. The number of nitrogens with one attached hydrogen (secondary N) is 1. The summed E-state index contributed by atoms with van der Waals surface area (Å²) in [6.07, 6.45) is 4.58. The number of nitrogens with zero attached hydrogens (tertiary/aromatic N) is 1. The number of hydrogen-bond acceptors (Lipinski definition) is 1. The number of aromatic amines is 1. The summed E-state index contributed by atoms with van der Waals surface area (Å²) >= 11 is 6.20. The molecule has 1 aliphatic heterocycles. The molecule has 2 heterocycles. The van der Waals surface area contributed by atoms with Crippen molar-refractivity contribution >= 4 is 28.4 Å². The second-order valence-electron chi connectivity index (χ2n) is 4.74. The summed E-state index contributed by atoms with van der Waals surface area (Å²) < 4.78 is 0. The van der Waals surface area contributed by atoms with Crippen LogP contribution in [0.25, 0.3) is 10.9 Å². The molecule has 94 valence electrons. The minimum Gasteiger partial charge on any atom is -0.361 e. The molecule has 1 amide bonds. The molecule has 1 saturated heterocycles. The Morgan fingerprint density at radius 1 is 1.33 bits per heavy atom. The van der Waals surface area contributed by atoms with E-state index in [2.05, 4.69) is 4.98 Å². The second-order valence-corrected chi connectivity index (χ2v) is 5.15. The van der Waals surface area contributed by atoms with Crippen LogP contribution in [-0.4, -0.2) is 28.9 Å². The van der Waals surface area contributed by atoms with Crippen molar-refractivity contribution in [2.45, 2.75) is 19.3 Å². The first-order valence-electron chi connectivity index (χ1n) is 6.28. The lowest BCUT2D eigenvalue weighted by Gasteiger charge is -2.14. The highest BCUT2D eigenvalue weighted by Crippen LogP contribution is 2.27. The molecule has 0 radical (unpaired) electrons. The monoisotopic (exact) mass is 262 g/mol. The van der Waals surface area contributed by atoms with Gasteiger partial charge in [0.2, 0.25) is 5.91 Å². The molecule has 0 unspecified atom stereocenters. The highest BCUT2D eigenvalue weighted by Gasteiger charge is 2.19. The predicted octanol–water partition coefficient (Wildman–Crippen LogP) is 2.99. The van der Waals surface area contributed by atoms with E-state index in [9.17, 15) is 4.79 Å². The summed E-state index contributed by atoms with van der Waals surface area (Å²) in [5.41, 5.74) is 1.99. The number of carbonyl (C=O) groups excluding carboxylic acids is 1. The van der Waals surface area contributed by atoms with Crippen LogP contribution < -0.4 is 0 Å². The average molecular weight is 263 g/mol. The lowest BCUT2D eigenvalue weighted by atomic mass is 10.1. The minimum atomic E-state index is 0.202. The predicted molar refractivity (Wildman–Crippen MR) is 72.8 cm³/mol. The van der Waals surface area contributed by atoms with E-state index in [4.69, 9.17) is 11.6 Å². The zero-order chi connectivity index (χ0) is 12.5. The highest BCUT2D eigenvalue weighted by atomic mass is 35.5. The summed E-state index contributed by atoms with van der Waals surface area (Å²) in [6.45, 7) is 1.80. The molecule has 3 nitrogen and oxygen atoms in total. The van der Waals surface area contributed by atoms with Crippen LogP contribution in [0.2, 0.25) is 5.02 Å². The summed E-state index contributed by atoms with van der Waals surface area (Å²) in [7, 11) is 0. The van der Waals surface area contributed by atoms with Gasteiger partial charge in [-0.2, -0.15) is 0 Å². The summed E-state index contributed by atoms with van der Waals surface area (Å²) in [6, 6.07) is 5.75. The zero-order valence-corrected chi connectivity index (χ0v) is 10.8. The lowest BCUT2D eigenvalue weighted by Crippen LogP contribution is -2.28. The Kier molecular flexibility index (Phi) is 3.00. The number of amides is 1. The van der Waals surface area contributed by atoms with E-state index in [1.54, 1.807) is 0 Å². The fraction of sp³-hybridized carbons (Fsp3) is 0.357. The van der Waals surface area contributed by atoms with E-state index in [0.29, 0.717) is 11.4 Å². The summed E-state index contributed by atoms with van der Waals surface area (Å²) in [4.78, 5) is 17.2. The molecule has 1 aromatic heterocycles. The van der Waals surface area contributed by atoms with Crippen molar-refractivity contribution in [2.24, 2.45) is 0 Å². The number of rotatable bonds is 2. The van der Waals surface area contributed by atoms with Crippen molar-refractivity contribution in [1.82, 2.24) is 9.88 Å². The van der Waals surface area contributed by atoms with Gasteiger partial charge in [-0.1, -0.05) is 17.7 Å². The molecular formula is C14H15ClN2O. The third-order valence-corrected chi connectivity index (χ3v) is 3.85. The number of benzene rings is 1. The Bertz CT molecular complexity index is 584. The van der Waals surface area contributed by atoms with E-state index >= 15 is 0 Å². The Morgan fingerprint density at radius 3 is 2.89 bits per heavy atom. The van der Waals surface area contributed by atoms with Crippen molar-refractivity contribution in [3.8, 4) is 0 Å². The van der Waals surface area contributed by atoms with Crippen molar-refractivity contribution in [3.05, 3.63) is 35.0 Å². The molecular weight excluding hydrogens is 248 g/mol. The second kappa shape index (κ2) is 4.65. The van der Waals surface area contributed by atoms with Gasteiger partial charge in [-0.15, -0.1) is 0 Å². The van der Waals surface area contributed by atoms with Gasteiger partial charge < -0.3 is 9.88 Å². The van der Waals surface area contributed by atoms with Crippen molar-refractivity contribution in [1.29, 1.82) is 0 Å². The molecule has 1 fully saturated rings. The van der Waals surface area contributed by atoms with Gasteiger partial charge in [-0.25, -0.2) is 0 Å². The molecule has 3 rings (SSSR count). The van der Waals surface area contributed by atoms with Gasteiger partial charge in [0, 0.05) is 30.2 Å². The fourth-order valence-corrected chi connectivity index (χ4v) is 2.88. The Balaban J connectivity index is 1.88. The van der Waals surface area contributed by atoms with Crippen LogP contribution in [0.4, 0.5) is 0 Å². The van der Waals surface area contributed by atoms with E-state index in [-0.39, 0.29) is 5.91 Å². The SMILES string of the molecule is O=C(Cc1c[nH]c2cccc(Cl)c12)N1CCCC1. The first-order chi connectivity index (χ1) is 8.75. The molecule has 0 aliphatic carbocycles. The van der Waals surface area contributed by atoms with E-state index < -0.39 is 0 Å². The van der Waals surface area contributed by atoms with Gasteiger partial charge in [0.05, 0.1) is 11.4 Å². The Hall–Kier alpha value is -1.48.